The average Bonchev–Trinajstić information content (AvgIpc) is 2.61. The van der Waals surface area contributed by atoms with Crippen molar-refractivity contribution in [2.24, 2.45) is 0 Å². The van der Waals surface area contributed by atoms with Crippen LogP contribution < -0.4 is 19.5 Å². The minimum absolute atomic E-state index is 0.0607. The van der Waals surface area contributed by atoms with Crippen molar-refractivity contribution in [3.63, 3.8) is 0 Å². The standard InChI is InChI=1S/C18H17F2NO4/c19-18(20)25-13-7-5-12(6-8-13)9-17(22)21-10-14-11-23-15-3-1-2-4-16(15)24-14/h1-8,14,18H,9-11H2,(H,21,22). The highest BCUT2D eigenvalue weighted by Crippen LogP contribution is 2.30. The smallest absolute Gasteiger partial charge is 0.387 e. The summed E-state index contributed by atoms with van der Waals surface area (Å²) in [4.78, 5) is 12.0. The van der Waals surface area contributed by atoms with Crippen LogP contribution in [-0.4, -0.2) is 31.8 Å². The first-order valence-electron chi connectivity index (χ1n) is 7.79. The summed E-state index contributed by atoms with van der Waals surface area (Å²) >= 11 is 0. The van der Waals surface area contributed by atoms with Crippen LogP contribution in [0.3, 0.4) is 0 Å². The maximum Gasteiger partial charge on any atom is 0.387 e. The van der Waals surface area contributed by atoms with Gasteiger partial charge in [0.15, 0.2) is 11.5 Å². The molecular weight excluding hydrogens is 332 g/mol. The van der Waals surface area contributed by atoms with Crippen molar-refractivity contribution in [3.05, 3.63) is 54.1 Å². The van der Waals surface area contributed by atoms with Crippen molar-refractivity contribution in [2.75, 3.05) is 13.2 Å². The zero-order valence-electron chi connectivity index (χ0n) is 13.3. The Morgan fingerprint density at radius 1 is 1.16 bits per heavy atom. The number of hydrogen-bond acceptors (Lipinski definition) is 4. The third-order valence-corrected chi connectivity index (χ3v) is 3.61. The number of benzene rings is 2. The number of carbonyl (C=O) groups excluding carboxylic acids is 1. The zero-order valence-corrected chi connectivity index (χ0v) is 13.3. The molecule has 0 saturated heterocycles. The van der Waals surface area contributed by atoms with E-state index in [1.165, 1.54) is 12.1 Å². The van der Waals surface area contributed by atoms with Crippen molar-refractivity contribution in [3.8, 4) is 17.2 Å². The van der Waals surface area contributed by atoms with E-state index in [0.29, 0.717) is 30.2 Å². The molecule has 0 saturated carbocycles. The van der Waals surface area contributed by atoms with Crippen molar-refractivity contribution in [1.82, 2.24) is 5.32 Å². The van der Waals surface area contributed by atoms with E-state index >= 15 is 0 Å². The molecule has 0 fully saturated rings. The SMILES string of the molecule is O=C(Cc1ccc(OC(F)F)cc1)NCC1COc2ccccc2O1. The van der Waals surface area contributed by atoms with E-state index in [0.717, 1.165) is 0 Å². The largest absolute Gasteiger partial charge is 0.486 e. The van der Waals surface area contributed by atoms with Crippen molar-refractivity contribution < 1.29 is 27.8 Å². The summed E-state index contributed by atoms with van der Waals surface area (Å²) < 4.78 is 39.8. The molecule has 7 heteroatoms. The second-order valence-electron chi connectivity index (χ2n) is 5.50. The molecule has 25 heavy (non-hydrogen) atoms. The second-order valence-corrected chi connectivity index (χ2v) is 5.50. The highest BCUT2D eigenvalue weighted by Gasteiger charge is 2.21. The Kier molecular flexibility index (Phi) is 5.33. The molecule has 0 aromatic heterocycles. The summed E-state index contributed by atoms with van der Waals surface area (Å²) in [5, 5.41) is 2.78. The molecule has 1 unspecified atom stereocenters. The molecule has 0 radical (unpaired) electrons. The number of nitrogens with one attached hydrogen (secondary N) is 1. The molecule has 132 valence electrons. The minimum atomic E-state index is -2.86. The van der Waals surface area contributed by atoms with E-state index in [2.05, 4.69) is 10.1 Å². The summed E-state index contributed by atoms with van der Waals surface area (Å²) in [6.07, 6.45) is -0.125. The first kappa shape index (κ1) is 17.0. The summed E-state index contributed by atoms with van der Waals surface area (Å²) in [5.74, 6) is 1.22. The molecular formula is C18H17F2NO4. The molecule has 1 N–H and O–H groups in total. The number of rotatable bonds is 6. The van der Waals surface area contributed by atoms with Crippen molar-refractivity contribution in [1.29, 1.82) is 0 Å². The Morgan fingerprint density at radius 2 is 1.88 bits per heavy atom. The average molecular weight is 349 g/mol. The molecule has 0 bridgehead atoms. The Bertz CT molecular complexity index is 721. The van der Waals surface area contributed by atoms with Crippen LogP contribution in [0.5, 0.6) is 17.2 Å². The number of fused-ring (bicyclic) bond motifs is 1. The van der Waals surface area contributed by atoms with E-state index in [1.807, 2.05) is 24.3 Å². The number of ether oxygens (including phenoxy) is 3. The predicted molar refractivity (Wildman–Crippen MR) is 86.1 cm³/mol. The van der Waals surface area contributed by atoms with Crippen LogP contribution in [0, 0.1) is 0 Å². The van der Waals surface area contributed by atoms with Crippen LogP contribution in [0.25, 0.3) is 0 Å². The van der Waals surface area contributed by atoms with Gasteiger partial charge in [-0.3, -0.25) is 4.79 Å². The van der Waals surface area contributed by atoms with Gasteiger partial charge in [0.05, 0.1) is 13.0 Å². The Morgan fingerprint density at radius 3 is 2.60 bits per heavy atom. The summed E-state index contributed by atoms with van der Waals surface area (Å²) in [7, 11) is 0. The highest BCUT2D eigenvalue weighted by molar-refractivity contribution is 5.78. The van der Waals surface area contributed by atoms with Crippen LogP contribution in [0.4, 0.5) is 8.78 Å². The molecule has 0 aliphatic carbocycles. The summed E-state index contributed by atoms with van der Waals surface area (Å²) in [6.45, 7) is -2.19. The first-order valence-corrected chi connectivity index (χ1v) is 7.79. The van der Waals surface area contributed by atoms with Crippen LogP contribution in [0.15, 0.2) is 48.5 Å². The first-order chi connectivity index (χ1) is 12.1. The lowest BCUT2D eigenvalue weighted by Crippen LogP contribution is -2.41. The van der Waals surface area contributed by atoms with Gasteiger partial charge < -0.3 is 19.5 Å². The fraction of sp³-hybridized carbons (Fsp3) is 0.278. The maximum absolute atomic E-state index is 12.1. The molecule has 2 aromatic rings. The molecule has 1 heterocycles. The Labute approximate surface area is 143 Å². The van der Waals surface area contributed by atoms with Crippen LogP contribution in [0.2, 0.25) is 0 Å². The molecule has 1 atom stereocenters. The predicted octanol–water partition coefficient (Wildman–Crippen LogP) is 2.79. The topological polar surface area (TPSA) is 56.8 Å². The lowest BCUT2D eigenvalue weighted by atomic mass is 10.1. The highest BCUT2D eigenvalue weighted by atomic mass is 19.3. The van der Waals surface area contributed by atoms with Gasteiger partial charge in [-0.1, -0.05) is 24.3 Å². The zero-order chi connectivity index (χ0) is 17.6. The number of halogens is 2. The Hall–Kier alpha value is -2.83. The molecule has 1 aliphatic rings. The monoisotopic (exact) mass is 349 g/mol. The van der Waals surface area contributed by atoms with Crippen molar-refractivity contribution >= 4 is 5.91 Å². The molecule has 1 aliphatic heterocycles. The summed E-state index contributed by atoms with van der Waals surface area (Å²) in [6, 6.07) is 13.3. The fourth-order valence-corrected chi connectivity index (χ4v) is 2.43. The number of amides is 1. The number of carbonyl (C=O) groups is 1. The second kappa shape index (κ2) is 7.83. The van der Waals surface area contributed by atoms with Gasteiger partial charge in [0.1, 0.15) is 18.5 Å². The third-order valence-electron chi connectivity index (χ3n) is 3.61. The lowest BCUT2D eigenvalue weighted by molar-refractivity contribution is -0.120. The normalized spacial score (nSPS) is 15.7. The van der Waals surface area contributed by atoms with Crippen LogP contribution in [0.1, 0.15) is 5.56 Å². The quantitative estimate of drug-likeness (QED) is 0.871. The van der Waals surface area contributed by atoms with Gasteiger partial charge in [-0.25, -0.2) is 0 Å². The molecule has 5 nitrogen and oxygen atoms in total. The van der Waals surface area contributed by atoms with Crippen molar-refractivity contribution in [2.45, 2.75) is 19.1 Å². The number of hydrogen-bond donors (Lipinski definition) is 1. The maximum atomic E-state index is 12.1. The minimum Gasteiger partial charge on any atom is -0.486 e. The lowest BCUT2D eigenvalue weighted by Gasteiger charge is -2.26. The van der Waals surface area contributed by atoms with Gasteiger partial charge in [-0.15, -0.1) is 0 Å². The van der Waals surface area contributed by atoms with E-state index in [1.54, 1.807) is 12.1 Å². The van der Waals surface area contributed by atoms with E-state index < -0.39 is 6.61 Å². The van der Waals surface area contributed by atoms with Gasteiger partial charge >= 0.3 is 6.61 Å². The van der Waals surface area contributed by atoms with Gasteiger partial charge in [-0.05, 0) is 29.8 Å². The van der Waals surface area contributed by atoms with E-state index in [4.69, 9.17) is 9.47 Å². The van der Waals surface area contributed by atoms with E-state index in [-0.39, 0.29) is 24.2 Å². The van der Waals surface area contributed by atoms with Gasteiger partial charge in [0.25, 0.3) is 0 Å². The van der Waals surface area contributed by atoms with Gasteiger partial charge in [-0.2, -0.15) is 8.78 Å². The third kappa shape index (κ3) is 4.82. The number of alkyl halides is 2. The van der Waals surface area contributed by atoms with Crippen LogP contribution in [-0.2, 0) is 11.2 Å². The molecule has 3 rings (SSSR count). The van der Waals surface area contributed by atoms with Gasteiger partial charge in [0.2, 0.25) is 5.91 Å². The van der Waals surface area contributed by atoms with E-state index in [9.17, 15) is 13.6 Å². The summed E-state index contributed by atoms with van der Waals surface area (Å²) in [5.41, 5.74) is 0.699. The number of para-hydroxylation sites is 2. The Balaban J connectivity index is 1.45. The van der Waals surface area contributed by atoms with Gasteiger partial charge in [0, 0.05) is 0 Å². The molecule has 1 amide bonds. The van der Waals surface area contributed by atoms with Crippen LogP contribution >= 0.6 is 0 Å². The fourth-order valence-electron chi connectivity index (χ4n) is 2.43. The molecule has 2 aromatic carbocycles. The molecule has 0 spiro atoms.